The Kier molecular flexibility index (Phi) is 4.68. The van der Waals surface area contributed by atoms with Crippen LogP contribution in [0.5, 0.6) is 11.5 Å². The van der Waals surface area contributed by atoms with Gasteiger partial charge in [-0.15, -0.1) is 0 Å². The molecule has 3 rings (SSSR count). The molecule has 0 amide bonds. The Balaban J connectivity index is 2.04. The monoisotopic (exact) mass is 328 g/mol. The topological polar surface area (TPSA) is 29.5 Å². The molecule has 24 heavy (non-hydrogen) atoms. The molecule has 1 heterocycles. The first-order valence-electron chi connectivity index (χ1n) is 9.56. The minimum Gasteiger partial charge on any atom is -0.507 e. The Morgan fingerprint density at radius 3 is 2.67 bits per heavy atom. The van der Waals surface area contributed by atoms with Crippen LogP contribution in [0.2, 0.25) is 0 Å². The van der Waals surface area contributed by atoms with E-state index in [9.17, 15) is 5.11 Å². The molecular weight excluding hydrogens is 296 g/mol. The van der Waals surface area contributed by atoms with E-state index in [-0.39, 0.29) is 5.60 Å². The third kappa shape index (κ3) is 2.96. The van der Waals surface area contributed by atoms with E-state index in [0.717, 1.165) is 30.6 Å². The Morgan fingerprint density at radius 2 is 1.96 bits per heavy atom. The van der Waals surface area contributed by atoms with Gasteiger partial charge in [0.25, 0.3) is 0 Å². The lowest BCUT2D eigenvalue weighted by atomic mass is 9.64. The summed E-state index contributed by atoms with van der Waals surface area (Å²) in [5, 5.41) is 10.8. The molecular formula is C22H32O2. The first-order chi connectivity index (χ1) is 11.3. The molecule has 0 aromatic heterocycles. The fraction of sp³-hybridized carbons (Fsp3) is 0.636. The number of unbranched alkanes of at least 4 members (excludes halogenated alkanes) is 2. The number of hydrogen-bond donors (Lipinski definition) is 1. The molecule has 0 bridgehead atoms. The minimum absolute atomic E-state index is 0.186. The summed E-state index contributed by atoms with van der Waals surface area (Å²) < 4.78 is 6.42. The summed E-state index contributed by atoms with van der Waals surface area (Å²) in [4.78, 5) is 0. The zero-order valence-electron chi connectivity index (χ0n) is 15.9. The van der Waals surface area contributed by atoms with Crippen LogP contribution >= 0.6 is 0 Å². The number of aromatic hydroxyl groups is 1. The number of phenols is 1. The fourth-order valence-corrected chi connectivity index (χ4v) is 4.62. The lowest BCUT2D eigenvalue weighted by molar-refractivity contribution is 0.00822. The van der Waals surface area contributed by atoms with Crippen LogP contribution < -0.4 is 4.74 Å². The van der Waals surface area contributed by atoms with Crippen molar-refractivity contribution in [2.24, 2.45) is 5.92 Å². The molecule has 2 aliphatic rings. The van der Waals surface area contributed by atoms with Crippen LogP contribution in [0.4, 0.5) is 0 Å². The van der Waals surface area contributed by atoms with Crippen LogP contribution in [0.15, 0.2) is 23.3 Å². The second kappa shape index (κ2) is 6.46. The van der Waals surface area contributed by atoms with E-state index >= 15 is 0 Å². The normalized spacial score (nSPS) is 25.0. The summed E-state index contributed by atoms with van der Waals surface area (Å²) in [7, 11) is 0. The van der Waals surface area contributed by atoms with Crippen molar-refractivity contribution in [3.63, 3.8) is 0 Å². The van der Waals surface area contributed by atoms with Crippen molar-refractivity contribution in [1.29, 1.82) is 0 Å². The number of fused-ring (bicyclic) bond motifs is 3. The van der Waals surface area contributed by atoms with Gasteiger partial charge in [-0.25, -0.2) is 0 Å². The van der Waals surface area contributed by atoms with Gasteiger partial charge in [0.2, 0.25) is 0 Å². The predicted octanol–water partition coefficient (Wildman–Crippen LogP) is 6.13. The molecule has 1 N–H and O–H groups in total. The number of benzene rings is 1. The van der Waals surface area contributed by atoms with Crippen LogP contribution in [0, 0.1) is 5.92 Å². The molecule has 0 spiro atoms. The second-order valence-corrected chi connectivity index (χ2v) is 8.28. The molecule has 132 valence electrons. The van der Waals surface area contributed by atoms with Crippen molar-refractivity contribution < 1.29 is 9.84 Å². The van der Waals surface area contributed by atoms with E-state index in [1.165, 1.54) is 36.0 Å². The van der Waals surface area contributed by atoms with Crippen molar-refractivity contribution in [1.82, 2.24) is 0 Å². The molecule has 0 fully saturated rings. The molecule has 0 unspecified atom stereocenters. The third-order valence-corrected chi connectivity index (χ3v) is 6.20. The standard InChI is InChI=1S/C22H32O2/c1-6-7-8-9-16-12-18(23)21-19(13-16)24-22(4,5)17-11-10-14(2)15(3)20(17)21/h12-13,17,20,23H,6-11H2,1-5H3/t17-,20-/m1/s1. The van der Waals surface area contributed by atoms with E-state index in [4.69, 9.17) is 4.74 Å². The minimum atomic E-state index is -0.186. The van der Waals surface area contributed by atoms with Gasteiger partial charge in [0, 0.05) is 17.4 Å². The van der Waals surface area contributed by atoms with Crippen molar-refractivity contribution in [2.75, 3.05) is 0 Å². The first-order valence-corrected chi connectivity index (χ1v) is 9.56. The predicted molar refractivity (Wildman–Crippen MR) is 99.9 cm³/mol. The van der Waals surface area contributed by atoms with Gasteiger partial charge in [-0.1, -0.05) is 30.9 Å². The molecule has 1 aromatic rings. The van der Waals surface area contributed by atoms with Gasteiger partial charge < -0.3 is 9.84 Å². The second-order valence-electron chi connectivity index (χ2n) is 8.28. The highest BCUT2D eigenvalue weighted by atomic mass is 16.5. The third-order valence-electron chi connectivity index (χ3n) is 6.20. The Morgan fingerprint density at radius 1 is 1.21 bits per heavy atom. The summed E-state index contributed by atoms with van der Waals surface area (Å²) in [6, 6.07) is 4.16. The number of phenolic OH excluding ortho intramolecular Hbond substituents is 1. The number of aryl methyl sites for hydroxylation is 1. The van der Waals surface area contributed by atoms with Crippen LogP contribution in [0.25, 0.3) is 0 Å². The van der Waals surface area contributed by atoms with Crippen molar-refractivity contribution in [3.05, 3.63) is 34.4 Å². The molecule has 0 saturated carbocycles. The molecule has 2 heteroatoms. The van der Waals surface area contributed by atoms with Crippen LogP contribution in [0.1, 0.15) is 83.8 Å². The average molecular weight is 328 g/mol. The van der Waals surface area contributed by atoms with Gasteiger partial charge >= 0.3 is 0 Å². The Bertz CT molecular complexity index is 654. The Labute approximate surface area is 146 Å². The van der Waals surface area contributed by atoms with E-state index in [2.05, 4.69) is 40.7 Å². The van der Waals surface area contributed by atoms with Gasteiger partial charge in [0.05, 0.1) is 0 Å². The molecule has 1 aromatic carbocycles. The zero-order chi connectivity index (χ0) is 17.5. The number of ether oxygens (including phenoxy) is 1. The lowest BCUT2D eigenvalue weighted by Gasteiger charge is -2.48. The molecule has 0 saturated heterocycles. The van der Waals surface area contributed by atoms with Gasteiger partial charge in [-0.2, -0.15) is 0 Å². The van der Waals surface area contributed by atoms with Crippen LogP contribution in [-0.2, 0) is 6.42 Å². The molecule has 2 atom stereocenters. The quantitative estimate of drug-likeness (QED) is 0.532. The summed E-state index contributed by atoms with van der Waals surface area (Å²) in [6.07, 6.45) is 6.91. The van der Waals surface area contributed by atoms with Crippen LogP contribution in [-0.4, -0.2) is 10.7 Å². The summed E-state index contributed by atoms with van der Waals surface area (Å²) in [5.74, 6) is 2.06. The smallest absolute Gasteiger partial charge is 0.127 e. The summed E-state index contributed by atoms with van der Waals surface area (Å²) >= 11 is 0. The van der Waals surface area contributed by atoms with E-state index in [1.807, 2.05) is 6.07 Å². The average Bonchev–Trinajstić information content (AvgIpc) is 2.50. The number of allylic oxidation sites excluding steroid dienone is 2. The van der Waals surface area contributed by atoms with E-state index in [1.54, 1.807) is 0 Å². The highest BCUT2D eigenvalue weighted by Crippen LogP contribution is 2.56. The number of hydrogen-bond acceptors (Lipinski definition) is 2. The van der Waals surface area contributed by atoms with E-state index in [0.29, 0.717) is 17.6 Å². The van der Waals surface area contributed by atoms with Crippen molar-refractivity contribution in [3.8, 4) is 11.5 Å². The Hall–Kier alpha value is -1.44. The van der Waals surface area contributed by atoms with Crippen molar-refractivity contribution in [2.45, 2.75) is 84.7 Å². The highest BCUT2D eigenvalue weighted by molar-refractivity contribution is 5.55. The van der Waals surface area contributed by atoms with Crippen molar-refractivity contribution >= 4 is 0 Å². The zero-order valence-corrected chi connectivity index (χ0v) is 15.9. The van der Waals surface area contributed by atoms with Gasteiger partial charge in [0.15, 0.2) is 0 Å². The maximum Gasteiger partial charge on any atom is 0.127 e. The molecule has 0 radical (unpaired) electrons. The van der Waals surface area contributed by atoms with Gasteiger partial charge in [-0.3, -0.25) is 0 Å². The highest BCUT2D eigenvalue weighted by Gasteiger charge is 2.47. The first kappa shape index (κ1) is 17.4. The van der Waals surface area contributed by atoms with E-state index < -0.39 is 0 Å². The maximum absolute atomic E-state index is 10.8. The summed E-state index contributed by atoms with van der Waals surface area (Å²) in [6.45, 7) is 11.1. The summed E-state index contributed by atoms with van der Waals surface area (Å²) in [5.41, 5.74) is 4.94. The van der Waals surface area contributed by atoms with Gasteiger partial charge in [-0.05, 0) is 71.1 Å². The van der Waals surface area contributed by atoms with Crippen LogP contribution in [0.3, 0.4) is 0 Å². The molecule has 1 aliphatic heterocycles. The SMILES string of the molecule is CCCCCc1cc(O)c2c(c1)OC(C)(C)[C@@H]1CCC(C)=C(C)[C@@H]21. The largest absolute Gasteiger partial charge is 0.507 e. The fourth-order valence-electron chi connectivity index (χ4n) is 4.62. The molecule has 1 aliphatic carbocycles. The molecule has 2 nitrogen and oxygen atoms in total. The number of rotatable bonds is 4. The maximum atomic E-state index is 10.8. The van der Waals surface area contributed by atoms with Gasteiger partial charge in [0.1, 0.15) is 17.1 Å². The lowest BCUT2D eigenvalue weighted by Crippen LogP contribution is -2.46.